The molecule has 3 heteroatoms. The van der Waals surface area contributed by atoms with E-state index in [1.165, 1.54) is 41.3 Å². The molecule has 2 rings (SSSR count). The highest BCUT2D eigenvalue weighted by atomic mass is 32.1. The van der Waals surface area contributed by atoms with Gasteiger partial charge in [-0.3, -0.25) is 0 Å². The van der Waals surface area contributed by atoms with Crippen molar-refractivity contribution >= 4 is 11.3 Å². The molecule has 1 saturated carbocycles. The average molecular weight is 295 g/mol. The lowest BCUT2D eigenvalue weighted by atomic mass is 9.77. The topological polar surface area (TPSA) is 24.9 Å². The summed E-state index contributed by atoms with van der Waals surface area (Å²) >= 11 is 1.94. The normalized spacial score (nSPS) is 23.8. The Kier molecular flexibility index (Phi) is 5.62. The maximum atomic E-state index is 4.86. The summed E-state index contributed by atoms with van der Waals surface area (Å²) in [5.41, 5.74) is 1.24. The molecule has 0 radical (unpaired) electrons. The zero-order valence-corrected chi connectivity index (χ0v) is 14.5. The van der Waals surface area contributed by atoms with Gasteiger partial charge in [-0.05, 0) is 44.4 Å². The quantitative estimate of drug-likeness (QED) is 0.837. The molecule has 1 heterocycles. The predicted molar refractivity (Wildman–Crippen MR) is 88.4 cm³/mol. The Morgan fingerprint density at radius 3 is 2.35 bits per heavy atom. The third-order valence-electron chi connectivity index (χ3n) is 4.64. The fraction of sp³-hybridized carbons (Fsp3) is 0.824. The summed E-state index contributed by atoms with van der Waals surface area (Å²) < 4.78 is 0. The lowest BCUT2D eigenvalue weighted by molar-refractivity contribution is 0.258. The minimum atomic E-state index is 0.543. The third kappa shape index (κ3) is 4.05. The van der Waals surface area contributed by atoms with Crippen molar-refractivity contribution in [2.45, 2.75) is 78.8 Å². The molecule has 0 amide bonds. The summed E-state index contributed by atoms with van der Waals surface area (Å²) in [6.45, 7) is 12.3. The molecule has 2 nitrogen and oxygen atoms in total. The summed E-state index contributed by atoms with van der Waals surface area (Å²) in [4.78, 5) is 6.29. The first-order chi connectivity index (χ1) is 9.47. The van der Waals surface area contributed by atoms with Crippen LogP contribution in [-0.4, -0.2) is 11.0 Å². The van der Waals surface area contributed by atoms with Gasteiger partial charge >= 0.3 is 0 Å². The summed E-state index contributed by atoms with van der Waals surface area (Å²) in [7, 11) is 0. The van der Waals surface area contributed by atoms with Crippen molar-refractivity contribution in [3.05, 3.63) is 15.6 Å². The van der Waals surface area contributed by atoms with Crippen molar-refractivity contribution in [2.24, 2.45) is 11.8 Å². The molecule has 0 aliphatic heterocycles. The van der Waals surface area contributed by atoms with E-state index in [0.29, 0.717) is 6.04 Å². The molecule has 1 aliphatic rings. The van der Waals surface area contributed by atoms with E-state index in [2.05, 4.69) is 39.9 Å². The highest BCUT2D eigenvalue weighted by molar-refractivity contribution is 7.11. The maximum absolute atomic E-state index is 4.86. The van der Waals surface area contributed by atoms with E-state index in [4.69, 9.17) is 4.98 Å². The summed E-state index contributed by atoms with van der Waals surface area (Å²) in [6.07, 6.45) is 5.46. The van der Waals surface area contributed by atoms with Crippen molar-refractivity contribution in [3.8, 4) is 0 Å². The van der Waals surface area contributed by atoms with Crippen molar-refractivity contribution < 1.29 is 0 Å². The SMILES string of the molecule is Cc1nc(C2CCC(C(C)C)CC2)sc1CNC(C)C. The van der Waals surface area contributed by atoms with Crippen LogP contribution in [0.5, 0.6) is 0 Å². The Morgan fingerprint density at radius 1 is 1.15 bits per heavy atom. The van der Waals surface area contributed by atoms with Crippen molar-refractivity contribution in [3.63, 3.8) is 0 Å². The first-order valence-electron chi connectivity index (χ1n) is 8.17. The standard InChI is InChI=1S/C17H30N2S/c1-11(2)14-6-8-15(9-7-14)17-19-13(5)16(20-17)10-18-12(3)4/h11-12,14-15,18H,6-10H2,1-5H3. The van der Waals surface area contributed by atoms with E-state index in [1.54, 1.807) is 0 Å². The number of thiazole rings is 1. The van der Waals surface area contributed by atoms with Crippen LogP contribution in [-0.2, 0) is 6.54 Å². The van der Waals surface area contributed by atoms with Gasteiger partial charge in [-0.1, -0.05) is 27.7 Å². The molecule has 0 atom stereocenters. The Hall–Kier alpha value is -0.410. The largest absolute Gasteiger partial charge is 0.310 e. The molecule has 0 unspecified atom stereocenters. The molecule has 1 aromatic heterocycles. The molecule has 0 spiro atoms. The third-order valence-corrected chi connectivity index (χ3v) is 5.96. The Labute approximate surface area is 128 Å². The second kappa shape index (κ2) is 7.04. The molecule has 0 saturated heterocycles. The first kappa shape index (κ1) is 16.0. The minimum absolute atomic E-state index is 0.543. The molecular formula is C17H30N2S. The Bertz CT molecular complexity index is 415. The van der Waals surface area contributed by atoms with Gasteiger partial charge in [-0.2, -0.15) is 0 Å². The lowest BCUT2D eigenvalue weighted by Gasteiger charge is -2.29. The smallest absolute Gasteiger partial charge is 0.0962 e. The Balaban J connectivity index is 1.95. The number of nitrogens with one attached hydrogen (secondary N) is 1. The molecule has 0 aromatic carbocycles. The highest BCUT2D eigenvalue weighted by Gasteiger charge is 2.26. The van der Waals surface area contributed by atoms with Crippen LogP contribution >= 0.6 is 11.3 Å². The molecule has 1 fully saturated rings. The summed E-state index contributed by atoms with van der Waals surface area (Å²) in [5.74, 6) is 2.51. The Morgan fingerprint density at radius 2 is 1.80 bits per heavy atom. The van der Waals surface area contributed by atoms with Gasteiger partial charge in [-0.15, -0.1) is 11.3 Å². The number of nitrogens with zero attached hydrogens (tertiary/aromatic N) is 1. The number of hydrogen-bond acceptors (Lipinski definition) is 3. The van der Waals surface area contributed by atoms with Gasteiger partial charge in [0.25, 0.3) is 0 Å². The van der Waals surface area contributed by atoms with E-state index < -0.39 is 0 Å². The van der Waals surface area contributed by atoms with Crippen molar-refractivity contribution in [2.75, 3.05) is 0 Å². The van der Waals surface area contributed by atoms with Crippen LogP contribution in [0.25, 0.3) is 0 Å². The van der Waals surface area contributed by atoms with Crippen LogP contribution in [0.15, 0.2) is 0 Å². The molecule has 1 aromatic rings. The monoisotopic (exact) mass is 294 g/mol. The van der Waals surface area contributed by atoms with Crippen LogP contribution in [0.1, 0.15) is 74.9 Å². The second-order valence-electron chi connectivity index (χ2n) is 6.95. The zero-order valence-electron chi connectivity index (χ0n) is 13.7. The van der Waals surface area contributed by atoms with E-state index in [9.17, 15) is 0 Å². The number of hydrogen-bond donors (Lipinski definition) is 1. The van der Waals surface area contributed by atoms with Crippen molar-refractivity contribution in [1.29, 1.82) is 0 Å². The number of aryl methyl sites for hydroxylation is 1. The lowest BCUT2D eigenvalue weighted by Crippen LogP contribution is -2.21. The van der Waals surface area contributed by atoms with Gasteiger partial charge < -0.3 is 5.32 Å². The van der Waals surface area contributed by atoms with E-state index in [1.807, 2.05) is 11.3 Å². The molecular weight excluding hydrogens is 264 g/mol. The summed E-state index contributed by atoms with van der Waals surface area (Å²) in [5, 5.41) is 4.91. The number of rotatable bonds is 5. The number of aromatic nitrogens is 1. The van der Waals surface area contributed by atoms with Crippen LogP contribution in [0.3, 0.4) is 0 Å². The minimum Gasteiger partial charge on any atom is -0.310 e. The van der Waals surface area contributed by atoms with Crippen molar-refractivity contribution in [1.82, 2.24) is 10.3 Å². The highest BCUT2D eigenvalue weighted by Crippen LogP contribution is 2.40. The van der Waals surface area contributed by atoms with Gasteiger partial charge in [0.05, 0.1) is 10.7 Å². The predicted octanol–water partition coefficient (Wildman–Crippen LogP) is 4.88. The molecule has 0 bridgehead atoms. The van der Waals surface area contributed by atoms with Gasteiger partial charge in [0, 0.05) is 23.4 Å². The summed E-state index contributed by atoms with van der Waals surface area (Å²) in [6, 6.07) is 0.543. The zero-order chi connectivity index (χ0) is 14.7. The van der Waals surface area contributed by atoms with Gasteiger partial charge in [-0.25, -0.2) is 4.98 Å². The molecule has 1 N–H and O–H groups in total. The second-order valence-corrected chi connectivity index (χ2v) is 8.07. The van der Waals surface area contributed by atoms with Crippen LogP contribution in [0, 0.1) is 18.8 Å². The van der Waals surface area contributed by atoms with E-state index in [-0.39, 0.29) is 0 Å². The molecule has 20 heavy (non-hydrogen) atoms. The molecule has 1 aliphatic carbocycles. The molecule has 114 valence electrons. The fourth-order valence-corrected chi connectivity index (χ4v) is 4.31. The maximum Gasteiger partial charge on any atom is 0.0962 e. The first-order valence-corrected chi connectivity index (χ1v) is 8.98. The van der Waals surface area contributed by atoms with E-state index in [0.717, 1.165) is 24.3 Å². The van der Waals surface area contributed by atoms with E-state index >= 15 is 0 Å². The fourth-order valence-electron chi connectivity index (χ4n) is 3.12. The van der Waals surface area contributed by atoms with Gasteiger partial charge in [0.1, 0.15) is 0 Å². The van der Waals surface area contributed by atoms with Crippen LogP contribution < -0.4 is 5.32 Å². The van der Waals surface area contributed by atoms with Crippen LogP contribution in [0.2, 0.25) is 0 Å². The van der Waals surface area contributed by atoms with Crippen LogP contribution in [0.4, 0.5) is 0 Å². The van der Waals surface area contributed by atoms with Gasteiger partial charge in [0.2, 0.25) is 0 Å². The average Bonchev–Trinajstić information content (AvgIpc) is 2.78. The van der Waals surface area contributed by atoms with Gasteiger partial charge in [0.15, 0.2) is 0 Å².